The Morgan fingerprint density at radius 3 is 2.90 bits per heavy atom. The van der Waals surface area contributed by atoms with Gasteiger partial charge < -0.3 is 14.6 Å². The van der Waals surface area contributed by atoms with E-state index in [9.17, 15) is 4.79 Å². The largest absolute Gasteiger partial charge is 0.333 e. The molecule has 1 amide bonds. The zero-order valence-corrected chi connectivity index (χ0v) is 18.1. The van der Waals surface area contributed by atoms with Gasteiger partial charge in [0, 0.05) is 25.8 Å². The summed E-state index contributed by atoms with van der Waals surface area (Å²) in [4.78, 5) is 20.0. The van der Waals surface area contributed by atoms with E-state index in [1.54, 1.807) is 0 Å². The smallest absolute Gasteiger partial charge is 0.274 e. The van der Waals surface area contributed by atoms with Gasteiger partial charge in [0.2, 0.25) is 0 Å². The van der Waals surface area contributed by atoms with E-state index in [2.05, 4.69) is 34.8 Å². The molecule has 0 spiro atoms. The highest BCUT2D eigenvalue weighted by Gasteiger charge is 2.26. The van der Waals surface area contributed by atoms with Crippen molar-refractivity contribution in [3.05, 3.63) is 70.1 Å². The number of nitrogens with zero attached hydrogens (tertiary/aromatic N) is 3. The molecule has 2 aromatic heterocycles. The number of nitrogens with one attached hydrogen (secondary N) is 1. The Kier molecular flexibility index (Phi) is 6.43. The van der Waals surface area contributed by atoms with Crippen molar-refractivity contribution < 1.29 is 4.79 Å². The minimum absolute atomic E-state index is 0.0137. The van der Waals surface area contributed by atoms with Crippen molar-refractivity contribution >= 4 is 34.9 Å². The summed E-state index contributed by atoms with van der Waals surface area (Å²) in [5, 5.41) is 4.09. The fourth-order valence-electron chi connectivity index (χ4n) is 3.77. The van der Waals surface area contributed by atoms with Crippen LogP contribution in [0.2, 0.25) is 5.02 Å². The van der Waals surface area contributed by atoms with Crippen molar-refractivity contribution in [2.45, 2.75) is 25.9 Å². The summed E-state index contributed by atoms with van der Waals surface area (Å²) in [6.07, 6.45) is 5.92. The number of hydrogen-bond acceptors (Lipinski definition) is 4. The molecule has 0 fully saturated rings. The fourth-order valence-corrected chi connectivity index (χ4v) is 4.37. The lowest BCUT2D eigenvalue weighted by atomic mass is 9.99. The molecule has 0 atom stereocenters. The number of carbonyl (C=O) groups is 1. The van der Waals surface area contributed by atoms with E-state index >= 15 is 0 Å². The summed E-state index contributed by atoms with van der Waals surface area (Å²) in [5.41, 5.74) is 4.68. The normalized spacial score (nSPS) is 13.7. The van der Waals surface area contributed by atoms with Crippen LogP contribution in [0.15, 0.2) is 42.6 Å². The number of pyridine rings is 1. The molecule has 0 radical (unpaired) electrons. The van der Waals surface area contributed by atoms with Crippen LogP contribution in [0.4, 0.5) is 0 Å². The van der Waals surface area contributed by atoms with E-state index in [1.807, 2.05) is 45.5 Å². The average molecular weight is 429 g/mol. The van der Waals surface area contributed by atoms with Gasteiger partial charge in [-0.3, -0.25) is 4.79 Å². The van der Waals surface area contributed by atoms with Crippen LogP contribution < -0.4 is 5.32 Å². The number of benzene rings is 1. The van der Waals surface area contributed by atoms with Crippen LogP contribution >= 0.6 is 23.4 Å². The monoisotopic (exact) mass is 428 g/mol. The molecule has 29 heavy (non-hydrogen) atoms. The van der Waals surface area contributed by atoms with Crippen LogP contribution in [0.1, 0.15) is 33.7 Å². The third-order valence-corrected chi connectivity index (χ3v) is 6.22. The number of imidazole rings is 1. The molecule has 0 aliphatic carbocycles. The molecule has 0 saturated carbocycles. The Hall–Kier alpha value is -2.02. The van der Waals surface area contributed by atoms with Crippen LogP contribution in [0, 0.1) is 0 Å². The highest BCUT2D eigenvalue weighted by Crippen LogP contribution is 2.23. The Morgan fingerprint density at radius 2 is 2.07 bits per heavy atom. The molecular weight excluding hydrogens is 404 g/mol. The van der Waals surface area contributed by atoms with Crippen molar-refractivity contribution in [2.75, 3.05) is 25.1 Å². The minimum Gasteiger partial charge on any atom is -0.333 e. The van der Waals surface area contributed by atoms with Gasteiger partial charge in [0.15, 0.2) is 5.69 Å². The maximum Gasteiger partial charge on any atom is 0.274 e. The van der Waals surface area contributed by atoms with Crippen molar-refractivity contribution in [1.29, 1.82) is 0 Å². The maximum absolute atomic E-state index is 13.4. The molecular formula is C22H25ClN4OS. The molecule has 0 bridgehead atoms. The molecule has 3 heterocycles. The first-order chi connectivity index (χ1) is 14.2. The van der Waals surface area contributed by atoms with Gasteiger partial charge in [0.05, 0.1) is 10.7 Å². The van der Waals surface area contributed by atoms with Crippen LogP contribution in [0.25, 0.3) is 5.65 Å². The van der Waals surface area contributed by atoms with E-state index < -0.39 is 0 Å². The van der Waals surface area contributed by atoms with Crippen LogP contribution in [-0.2, 0) is 19.5 Å². The Balaban J connectivity index is 1.60. The minimum atomic E-state index is -0.0137. The zero-order valence-electron chi connectivity index (χ0n) is 16.5. The molecule has 152 valence electrons. The average Bonchev–Trinajstić information content (AvgIpc) is 3.10. The molecule has 1 aromatic carbocycles. The molecule has 4 rings (SSSR count). The van der Waals surface area contributed by atoms with Gasteiger partial charge in [0.1, 0.15) is 5.65 Å². The summed E-state index contributed by atoms with van der Waals surface area (Å²) in [6, 6.07) is 12.0. The van der Waals surface area contributed by atoms with E-state index in [1.165, 1.54) is 11.1 Å². The molecule has 7 heteroatoms. The van der Waals surface area contributed by atoms with Gasteiger partial charge in [0.25, 0.3) is 5.91 Å². The van der Waals surface area contributed by atoms with E-state index in [0.717, 1.165) is 36.5 Å². The predicted octanol–water partition coefficient (Wildman–Crippen LogP) is 4.03. The molecule has 0 saturated heterocycles. The van der Waals surface area contributed by atoms with Gasteiger partial charge in [-0.15, -0.1) is 0 Å². The summed E-state index contributed by atoms with van der Waals surface area (Å²) in [5.74, 6) is 1.10. The lowest BCUT2D eigenvalue weighted by molar-refractivity contribution is 0.0728. The number of aromatic nitrogens is 2. The van der Waals surface area contributed by atoms with Gasteiger partial charge in [-0.05, 0) is 54.7 Å². The highest BCUT2D eigenvalue weighted by atomic mass is 35.5. The maximum atomic E-state index is 13.4. The fraction of sp³-hybridized carbons (Fsp3) is 0.364. The highest BCUT2D eigenvalue weighted by molar-refractivity contribution is 7.98. The second-order valence-corrected chi connectivity index (χ2v) is 8.67. The van der Waals surface area contributed by atoms with Crippen LogP contribution in [-0.4, -0.2) is 45.3 Å². The number of rotatable bonds is 7. The van der Waals surface area contributed by atoms with Crippen LogP contribution in [0.3, 0.4) is 0 Å². The SMILES string of the molecule is CSCCCNCc1c(C(=O)N2CCc3ccccc3C2)nc2ccc(Cl)cn12. The molecule has 1 N–H and O–H groups in total. The van der Waals surface area contributed by atoms with Crippen molar-refractivity contribution in [3.63, 3.8) is 0 Å². The number of thioether (sulfide) groups is 1. The Bertz CT molecular complexity index is 1020. The second kappa shape index (κ2) is 9.20. The third kappa shape index (κ3) is 4.44. The van der Waals surface area contributed by atoms with E-state index in [4.69, 9.17) is 11.6 Å². The molecule has 1 aliphatic rings. The van der Waals surface area contributed by atoms with E-state index in [0.29, 0.717) is 30.4 Å². The summed E-state index contributed by atoms with van der Waals surface area (Å²) in [6.45, 7) is 2.83. The number of amides is 1. The molecule has 5 nitrogen and oxygen atoms in total. The summed E-state index contributed by atoms with van der Waals surface area (Å²) in [7, 11) is 0. The summed E-state index contributed by atoms with van der Waals surface area (Å²) >= 11 is 8.06. The first-order valence-corrected chi connectivity index (χ1v) is 11.7. The zero-order chi connectivity index (χ0) is 20.2. The summed E-state index contributed by atoms with van der Waals surface area (Å²) < 4.78 is 1.94. The molecule has 3 aromatic rings. The first kappa shape index (κ1) is 20.3. The quantitative estimate of drug-likeness (QED) is 0.577. The molecule has 1 aliphatic heterocycles. The molecule has 0 unspecified atom stereocenters. The predicted molar refractivity (Wildman–Crippen MR) is 120 cm³/mol. The lowest BCUT2D eigenvalue weighted by Gasteiger charge is -2.28. The third-order valence-electron chi connectivity index (χ3n) is 5.30. The number of carbonyl (C=O) groups excluding carboxylic acids is 1. The number of fused-ring (bicyclic) bond motifs is 2. The Morgan fingerprint density at radius 1 is 1.24 bits per heavy atom. The van der Waals surface area contributed by atoms with Crippen molar-refractivity contribution in [3.8, 4) is 0 Å². The van der Waals surface area contributed by atoms with Crippen molar-refractivity contribution in [2.24, 2.45) is 0 Å². The van der Waals surface area contributed by atoms with Crippen molar-refractivity contribution in [1.82, 2.24) is 19.6 Å². The first-order valence-electron chi connectivity index (χ1n) is 9.89. The van der Waals surface area contributed by atoms with Crippen LogP contribution in [0.5, 0.6) is 0 Å². The number of hydrogen-bond donors (Lipinski definition) is 1. The van der Waals surface area contributed by atoms with Gasteiger partial charge in [-0.25, -0.2) is 4.98 Å². The van der Waals surface area contributed by atoms with E-state index in [-0.39, 0.29) is 5.91 Å². The standard InChI is InChI=1S/C22H25ClN4OS/c1-29-12-4-10-24-13-19-21(25-20-8-7-18(23)15-27(19)20)22(28)26-11-9-16-5-2-3-6-17(16)14-26/h2-3,5-8,15,24H,4,9-14H2,1H3. The second-order valence-electron chi connectivity index (χ2n) is 7.25. The lowest BCUT2D eigenvalue weighted by Crippen LogP contribution is -2.37. The number of halogens is 1. The Labute approximate surface area is 180 Å². The van der Waals surface area contributed by atoms with Gasteiger partial charge >= 0.3 is 0 Å². The van der Waals surface area contributed by atoms with Gasteiger partial charge in [-0.1, -0.05) is 35.9 Å². The topological polar surface area (TPSA) is 49.6 Å². The van der Waals surface area contributed by atoms with Gasteiger partial charge in [-0.2, -0.15) is 11.8 Å².